The topological polar surface area (TPSA) is 57.5 Å². The molecule has 0 amide bonds. The molecular formula is C19H26O3S2. The van der Waals surface area contributed by atoms with Crippen LogP contribution in [0.5, 0.6) is 0 Å². The van der Waals surface area contributed by atoms with E-state index in [2.05, 4.69) is 12.1 Å². The molecule has 0 bridgehead atoms. The molecule has 0 fully saturated rings. The van der Waals surface area contributed by atoms with E-state index >= 15 is 0 Å². The van der Waals surface area contributed by atoms with Crippen molar-refractivity contribution in [2.75, 3.05) is 0 Å². The number of hydrogen-bond donors (Lipinski definition) is 2. The van der Waals surface area contributed by atoms with Gasteiger partial charge in [-0.3, -0.25) is 4.79 Å². The molecule has 2 rings (SSSR count). The molecule has 0 saturated carbocycles. The van der Waals surface area contributed by atoms with E-state index in [0.29, 0.717) is 12.8 Å². The lowest BCUT2D eigenvalue weighted by molar-refractivity contribution is -0.117. The van der Waals surface area contributed by atoms with Crippen molar-refractivity contribution < 1.29 is 15.0 Å². The highest BCUT2D eigenvalue weighted by atomic mass is 32.1. The van der Waals surface area contributed by atoms with Crippen LogP contribution >= 0.6 is 22.7 Å². The van der Waals surface area contributed by atoms with Gasteiger partial charge in [0.2, 0.25) is 0 Å². The summed E-state index contributed by atoms with van der Waals surface area (Å²) in [6.07, 6.45) is 3.68. The number of Topliss-reactive ketones (excluding diaryl/α,β-unsaturated/α-hetero) is 1. The summed E-state index contributed by atoms with van der Waals surface area (Å²) in [5, 5.41) is 18.7. The Kier molecular flexibility index (Phi) is 7.62. The number of carbonyl (C=O) groups is 1. The molecule has 2 heterocycles. The first-order valence-corrected chi connectivity index (χ1v) is 10.1. The monoisotopic (exact) mass is 366 g/mol. The van der Waals surface area contributed by atoms with Gasteiger partial charge in [-0.1, -0.05) is 0 Å². The second kappa shape index (κ2) is 9.47. The van der Waals surface area contributed by atoms with Crippen LogP contribution in [0.2, 0.25) is 0 Å². The number of aliphatic hydroxyl groups is 2. The van der Waals surface area contributed by atoms with E-state index in [1.54, 1.807) is 36.5 Å². The molecule has 2 unspecified atom stereocenters. The SMILES string of the molecule is CC(O)CCc1ccc(CC(=O)Cc2ccc(CCC(C)O)s2)s1. The number of thiophene rings is 2. The van der Waals surface area contributed by atoms with E-state index in [1.807, 2.05) is 12.1 Å². The summed E-state index contributed by atoms with van der Waals surface area (Å²) < 4.78 is 0. The van der Waals surface area contributed by atoms with Crippen molar-refractivity contribution in [1.29, 1.82) is 0 Å². The molecule has 24 heavy (non-hydrogen) atoms. The third-order valence-electron chi connectivity index (χ3n) is 3.79. The molecule has 0 aliphatic heterocycles. The molecule has 0 aromatic carbocycles. The summed E-state index contributed by atoms with van der Waals surface area (Å²) in [6, 6.07) is 8.19. The largest absolute Gasteiger partial charge is 0.393 e. The van der Waals surface area contributed by atoms with Crippen LogP contribution in [0.1, 0.15) is 46.2 Å². The van der Waals surface area contributed by atoms with Gasteiger partial charge in [-0.25, -0.2) is 0 Å². The molecular weight excluding hydrogens is 340 g/mol. The molecule has 0 radical (unpaired) electrons. The van der Waals surface area contributed by atoms with Crippen LogP contribution in [0, 0.1) is 0 Å². The van der Waals surface area contributed by atoms with E-state index in [0.717, 1.165) is 35.4 Å². The Balaban J connectivity index is 1.80. The van der Waals surface area contributed by atoms with Gasteiger partial charge in [-0.15, -0.1) is 22.7 Å². The minimum atomic E-state index is -0.279. The molecule has 2 aromatic heterocycles. The van der Waals surface area contributed by atoms with Gasteiger partial charge in [-0.2, -0.15) is 0 Å². The van der Waals surface area contributed by atoms with Crippen LogP contribution in [-0.2, 0) is 30.5 Å². The lowest BCUT2D eigenvalue weighted by atomic mass is 10.1. The Morgan fingerprint density at radius 1 is 0.833 bits per heavy atom. The number of carbonyl (C=O) groups excluding carboxylic acids is 1. The molecule has 2 aromatic rings. The Labute approximate surface area is 152 Å². The van der Waals surface area contributed by atoms with E-state index in [-0.39, 0.29) is 18.0 Å². The van der Waals surface area contributed by atoms with Crippen molar-refractivity contribution >= 4 is 28.5 Å². The van der Waals surface area contributed by atoms with Crippen molar-refractivity contribution in [2.45, 2.75) is 64.6 Å². The number of ketones is 1. The standard InChI is InChI=1S/C19H26O3S2/c1-13(20)3-5-16-7-9-18(23-16)11-15(22)12-19-10-8-17(24-19)6-4-14(2)21/h7-10,13-14,20-21H,3-6,11-12H2,1-2H3. The van der Waals surface area contributed by atoms with Crippen molar-refractivity contribution in [2.24, 2.45) is 0 Å². The van der Waals surface area contributed by atoms with E-state index in [1.165, 1.54) is 9.75 Å². The molecule has 2 atom stereocenters. The van der Waals surface area contributed by atoms with Crippen LogP contribution in [0.15, 0.2) is 24.3 Å². The maximum Gasteiger partial charge on any atom is 0.143 e. The summed E-state index contributed by atoms with van der Waals surface area (Å²) >= 11 is 3.35. The van der Waals surface area contributed by atoms with Gasteiger partial charge in [-0.05, 0) is 63.8 Å². The first-order valence-electron chi connectivity index (χ1n) is 8.45. The van der Waals surface area contributed by atoms with E-state index < -0.39 is 0 Å². The van der Waals surface area contributed by atoms with Gasteiger partial charge in [0.25, 0.3) is 0 Å². The average molecular weight is 367 g/mol. The van der Waals surface area contributed by atoms with Crippen LogP contribution in [-0.4, -0.2) is 28.2 Å². The number of aliphatic hydroxyl groups excluding tert-OH is 2. The fourth-order valence-corrected chi connectivity index (χ4v) is 4.58. The number of rotatable bonds is 10. The molecule has 0 spiro atoms. The summed E-state index contributed by atoms with van der Waals surface area (Å²) in [5.41, 5.74) is 0. The van der Waals surface area contributed by atoms with Crippen molar-refractivity contribution in [3.63, 3.8) is 0 Å². The molecule has 0 aliphatic rings. The average Bonchev–Trinajstić information content (AvgIpc) is 3.12. The summed E-state index contributed by atoms with van der Waals surface area (Å²) in [5.74, 6) is 0.239. The minimum Gasteiger partial charge on any atom is -0.393 e. The molecule has 0 aliphatic carbocycles. The van der Waals surface area contributed by atoms with Crippen LogP contribution in [0.4, 0.5) is 0 Å². The van der Waals surface area contributed by atoms with E-state index in [9.17, 15) is 15.0 Å². The molecule has 0 saturated heterocycles. The quantitative estimate of drug-likeness (QED) is 0.672. The second-order valence-electron chi connectivity index (χ2n) is 6.40. The van der Waals surface area contributed by atoms with Crippen molar-refractivity contribution in [3.8, 4) is 0 Å². The summed E-state index contributed by atoms with van der Waals surface area (Å²) in [4.78, 5) is 16.9. The zero-order valence-electron chi connectivity index (χ0n) is 14.3. The zero-order valence-corrected chi connectivity index (χ0v) is 16.0. The maximum atomic E-state index is 12.3. The molecule has 3 nitrogen and oxygen atoms in total. The minimum absolute atomic E-state index is 0.239. The highest BCUT2D eigenvalue weighted by Crippen LogP contribution is 2.22. The second-order valence-corrected chi connectivity index (χ2v) is 8.91. The summed E-state index contributed by atoms with van der Waals surface area (Å²) in [7, 11) is 0. The Bertz CT molecular complexity index is 586. The van der Waals surface area contributed by atoms with Gasteiger partial charge < -0.3 is 10.2 Å². The molecule has 2 N–H and O–H groups in total. The van der Waals surface area contributed by atoms with Crippen LogP contribution < -0.4 is 0 Å². The van der Waals surface area contributed by atoms with Gasteiger partial charge >= 0.3 is 0 Å². The predicted octanol–water partition coefficient (Wildman–Crippen LogP) is 3.79. The predicted molar refractivity (Wildman–Crippen MR) is 101 cm³/mol. The Hall–Kier alpha value is -1.01. The highest BCUT2D eigenvalue weighted by Gasteiger charge is 2.10. The van der Waals surface area contributed by atoms with E-state index in [4.69, 9.17) is 0 Å². The lowest BCUT2D eigenvalue weighted by Gasteiger charge is -2.01. The summed E-state index contributed by atoms with van der Waals surface area (Å²) in [6.45, 7) is 3.60. The fraction of sp³-hybridized carbons (Fsp3) is 0.526. The third-order valence-corrected chi connectivity index (χ3v) is 6.08. The third kappa shape index (κ3) is 6.85. The first-order chi connectivity index (χ1) is 11.4. The van der Waals surface area contributed by atoms with Gasteiger partial charge in [0.05, 0.1) is 12.2 Å². The van der Waals surface area contributed by atoms with Crippen molar-refractivity contribution in [1.82, 2.24) is 0 Å². The van der Waals surface area contributed by atoms with Gasteiger partial charge in [0.1, 0.15) is 5.78 Å². The van der Waals surface area contributed by atoms with Crippen LogP contribution in [0.25, 0.3) is 0 Å². The normalized spacial score (nSPS) is 13.8. The first kappa shape index (κ1) is 19.3. The lowest BCUT2D eigenvalue weighted by Crippen LogP contribution is -2.04. The van der Waals surface area contributed by atoms with Crippen molar-refractivity contribution in [3.05, 3.63) is 43.8 Å². The molecule has 132 valence electrons. The van der Waals surface area contributed by atoms with Gasteiger partial charge in [0, 0.05) is 32.4 Å². The highest BCUT2D eigenvalue weighted by molar-refractivity contribution is 7.12. The van der Waals surface area contributed by atoms with Crippen LogP contribution in [0.3, 0.4) is 0 Å². The fourth-order valence-electron chi connectivity index (χ4n) is 2.46. The smallest absolute Gasteiger partial charge is 0.143 e. The Morgan fingerprint density at radius 3 is 1.58 bits per heavy atom. The Morgan fingerprint density at radius 2 is 1.21 bits per heavy atom. The zero-order chi connectivity index (χ0) is 17.5. The number of aryl methyl sites for hydroxylation is 2. The number of hydrogen-bond acceptors (Lipinski definition) is 5. The maximum absolute atomic E-state index is 12.3. The van der Waals surface area contributed by atoms with Gasteiger partial charge in [0.15, 0.2) is 0 Å². The molecule has 5 heteroatoms.